The molecule has 0 aromatic heterocycles. The lowest BCUT2D eigenvalue weighted by molar-refractivity contribution is -0.158. The third-order valence-corrected chi connectivity index (χ3v) is 3.66. The van der Waals surface area contributed by atoms with Gasteiger partial charge >= 0.3 is 5.97 Å². The molecule has 0 spiro atoms. The van der Waals surface area contributed by atoms with E-state index >= 15 is 0 Å². The van der Waals surface area contributed by atoms with Crippen LogP contribution in [-0.4, -0.2) is 36.9 Å². The maximum atomic E-state index is 12.3. The number of hydrogen-bond acceptors (Lipinski definition) is 4. The Morgan fingerprint density at radius 1 is 1.29 bits per heavy atom. The van der Waals surface area contributed by atoms with Crippen LogP contribution in [0.4, 0.5) is 0 Å². The molecule has 1 aromatic rings. The number of nitrogens with zero attached hydrogens (tertiary/aromatic N) is 1. The predicted octanol–water partition coefficient (Wildman–Crippen LogP) is 2.93. The second-order valence-electron chi connectivity index (χ2n) is 5.53. The Hall–Kier alpha value is -1.39. The number of Topliss-reactive ketones (excluding diaryl/α,β-unsaturated/α-hetero) is 1. The van der Waals surface area contributed by atoms with E-state index in [1.54, 1.807) is 20.8 Å². The standard InChI is InChI=1S/C16H22ClNO3/c1-5-21-15(20)16(2,3)14(19)11-18(4)10-12-8-6-7-9-13(12)17/h6-9H,5,10-11H2,1-4H3. The molecular formula is C16H22ClNO3. The van der Waals surface area contributed by atoms with E-state index in [4.69, 9.17) is 16.3 Å². The van der Waals surface area contributed by atoms with E-state index in [1.807, 2.05) is 36.2 Å². The Bertz CT molecular complexity index is 514. The number of likely N-dealkylation sites (N-methyl/N-ethyl adjacent to an activating group) is 1. The summed E-state index contributed by atoms with van der Waals surface area (Å²) in [6.45, 7) is 5.89. The third-order valence-electron chi connectivity index (χ3n) is 3.29. The molecule has 21 heavy (non-hydrogen) atoms. The number of carbonyl (C=O) groups is 2. The monoisotopic (exact) mass is 311 g/mol. The van der Waals surface area contributed by atoms with Crippen LogP contribution >= 0.6 is 11.6 Å². The van der Waals surface area contributed by atoms with E-state index < -0.39 is 11.4 Å². The van der Waals surface area contributed by atoms with Crippen molar-refractivity contribution in [1.29, 1.82) is 0 Å². The van der Waals surface area contributed by atoms with Crippen molar-refractivity contribution < 1.29 is 14.3 Å². The van der Waals surface area contributed by atoms with Crippen LogP contribution in [0, 0.1) is 5.41 Å². The van der Waals surface area contributed by atoms with Crippen molar-refractivity contribution in [3.05, 3.63) is 34.9 Å². The van der Waals surface area contributed by atoms with Crippen molar-refractivity contribution >= 4 is 23.4 Å². The van der Waals surface area contributed by atoms with Gasteiger partial charge in [-0.05, 0) is 39.4 Å². The van der Waals surface area contributed by atoms with Crippen LogP contribution < -0.4 is 0 Å². The molecule has 0 aliphatic heterocycles. The van der Waals surface area contributed by atoms with Gasteiger partial charge in [0.15, 0.2) is 5.78 Å². The Morgan fingerprint density at radius 2 is 1.90 bits per heavy atom. The van der Waals surface area contributed by atoms with Crippen molar-refractivity contribution in [2.45, 2.75) is 27.3 Å². The SMILES string of the molecule is CCOC(=O)C(C)(C)C(=O)CN(C)Cc1ccccc1Cl. The van der Waals surface area contributed by atoms with E-state index in [0.717, 1.165) is 5.56 Å². The molecule has 0 fully saturated rings. The van der Waals surface area contributed by atoms with Crippen molar-refractivity contribution in [3.8, 4) is 0 Å². The van der Waals surface area contributed by atoms with Crippen LogP contribution in [0.1, 0.15) is 26.3 Å². The largest absolute Gasteiger partial charge is 0.465 e. The van der Waals surface area contributed by atoms with E-state index in [9.17, 15) is 9.59 Å². The molecule has 0 aliphatic rings. The molecule has 0 heterocycles. The first-order chi connectivity index (χ1) is 9.78. The Labute approximate surface area is 131 Å². The van der Waals surface area contributed by atoms with E-state index in [0.29, 0.717) is 11.6 Å². The van der Waals surface area contributed by atoms with Crippen LogP contribution in [0.5, 0.6) is 0 Å². The summed E-state index contributed by atoms with van der Waals surface area (Å²) in [5, 5.41) is 0.668. The lowest BCUT2D eigenvalue weighted by Crippen LogP contribution is -2.41. The molecule has 0 bridgehead atoms. The van der Waals surface area contributed by atoms with Crippen LogP contribution in [0.2, 0.25) is 5.02 Å². The van der Waals surface area contributed by atoms with Gasteiger partial charge in [0.05, 0.1) is 13.2 Å². The zero-order valence-corrected chi connectivity index (χ0v) is 13.7. The van der Waals surface area contributed by atoms with Gasteiger partial charge in [0.1, 0.15) is 5.41 Å². The normalized spacial score (nSPS) is 11.5. The molecule has 0 atom stereocenters. The van der Waals surface area contributed by atoms with Gasteiger partial charge in [0.25, 0.3) is 0 Å². The maximum absolute atomic E-state index is 12.3. The van der Waals surface area contributed by atoms with E-state index in [2.05, 4.69) is 0 Å². The highest BCUT2D eigenvalue weighted by Gasteiger charge is 2.37. The number of hydrogen-bond donors (Lipinski definition) is 0. The summed E-state index contributed by atoms with van der Waals surface area (Å²) in [6, 6.07) is 7.50. The number of carbonyl (C=O) groups excluding carboxylic acids is 2. The molecule has 0 saturated heterocycles. The molecule has 5 heteroatoms. The zero-order chi connectivity index (χ0) is 16.0. The predicted molar refractivity (Wildman–Crippen MR) is 83.2 cm³/mol. The molecule has 0 N–H and O–H groups in total. The van der Waals surface area contributed by atoms with Gasteiger partial charge in [0, 0.05) is 11.6 Å². The number of ketones is 1. The number of halogens is 1. The molecular weight excluding hydrogens is 290 g/mol. The third kappa shape index (κ3) is 4.83. The molecule has 1 rings (SSSR count). The highest BCUT2D eigenvalue weighted by Crippen LogP contribution is 2.21. The second kappa shape index (κ2) is 7.57. The molecule has 0 radical (unpaired) electrons. The van der Waals surface area contributed by atoms with Crippen LogP contribution in [0.25, 0.3) is 0 Å². The molecule has 0 aliphatic carbocycles. The summed E-state index contributed by atoms with van der Waals surface area (Å²) < 4.78 is 4.95. The lowest BCUT2D eigenvalue weighted by Gasteiger charge is -2.24. The first-order valence-electron chi connectivity index (χ1n) is 6.91. The fraction of sp³-hybridized carbons (Fsp3) is 0.500. The fourth-order valence-electron chi connectivity index (χ4n) is 1.84. The minimum absolute atomic E-state index is 0.164. The van der Waals surface area contributed by atoms with Crippen molar-refractivity contribution in [2.75, 3.05) is 20.2 Å². The summed E-state index contributed by atoms with van der Waals surface area (Å²) in [5.74, 6) is -0.656. The molecule has 4 nitrogen and oxygen atoms in total. The zero-order valence-electron chi connectivity index (χ0n) is 13.0. The molecule has 0 amide bonds. The van der Waals surface area contributed by atoms with Gasteiger partial charge in [-0.2, -0.15) is 0 Å². The Balaban J connectivity index is 2.66. The first kappa shape index (κ1) is 17.7. The van der Waals surface area contributed by atoms with Gasteiger partial charge < -0.3 is 4.74 Å². The summed E-state index contributed by atoms with van der Waals surface area (Å²) in [6.07, 6.45) is 0. The van der Waals surface area contributed by atoms with Crippen LogP contribution in [-0.2, 0) is 20.9 Å². The van der Waals surface area contributed by atoms with Crippen molar-refractivity contribution in [2.24, 2.45) is 5.41 Å². The summed E-state index contributed by atoms with van der Waals surface area (Å²) >= 11 is 6.10. The average Bonchev–Trinajstić information content (AvgIpc) is 2.41. The Kier molecular flexibility index (Phi) is 6.37. The molecule has 0 unspecified atom stereocenters. The highest BCUT2D eigenvalue weighted by molar-refractivity contribution is 6.31. The number of benzene rings is 1. The minimum atomic E-state index is -1.13. The van der Waals surface area contributed by atoms with Crippen LogP contribution in [0.15, 0.2) is 24.3 Å². The summed E-state index contributed by atoms with van der Waals surface area (Å²) in [4.78, 5) is 25.9. The summed E-state index contributed by atoms with van der Waals surface area (Å²) in [5.41, 5.74) is -0.187. The van der Waals surface area contributed by atoms with Crippen LogP contribution in [0.3, 0.4) is 0 Å². The quantitative estimate of drug-likeness (QED) is 0.574. The first-order valence-corrected chi connectivity index (χ1v) is 7.29. The van der Waals surface area contributed by atoms with E-state index in [-0.39, 0.29) is 18.9 Å². The maximum Gasteiger partial charge on any atom is 0.319 e. The van der Waals surface area contributed by atoms with Crippen molar-refractivity contribution in [1.82, 2.24) is 4.90 Å². The smallest absolute Gasteiger partial charge is 0.319 e. The number of ether oxygens (including phenoxy) is 1. The van der Waals surface area contributed by atoms with E-state index in [1.165, 1.54) is 0 Å². The second-order valence-corrected chi connectivity index (χ2v) is 5.94. The van der Waals surface area contributed by atoms with Gasteiger partial charge in [0.2, 0.25) is 0 Å². The van der Waals surface area contributed by atoms with Gasteiger partial charge in [-0.3, -0.25) is 14.5 Å². The fourth-order valence-corrected chi connectivity index (χ4v) is 2.04. The molecule has 116 valence electrons. The minimum Gasteiger partial charge on any atom is -0.465 e. The van der Waals surface area contributed by atoms with Crippen molar-refractivity contribution in [3.63, 3.8) is 0 Å². The molecule has 1 aromatic carbocycles. The van der Waals surface area contributed by atoms with Gasteiger partial charge in [-0.1, -0.05) is 29.8 Å². The topological polar surface area (TPSA) is 46.6 Å². The number of esters is 1. The van der Waals surface area contributed by atoms with Gasteiger partial charge in [-0.15, -0.1) is 0 Å². The van der Waals surface area contributed by atoms with Gasteiger partial charge in [-0.25, -0.2) is 0 Å². The number of rotatable bonds is 7. The Morgan fingerprint density at radius 3 is 2.48 bits per heavy atom. The lowest BCUT2D eigenvalue weighted by atomic mass is 9.88. The average molecular weight is 312 g/mol. The molecule has 0 saturated carbocycles. The summed E-state index contributed by atoms with van der Waals surface area (Å²) in [7, 11) is 1.82. The highest BCUT2D eigenvalue weighted by atomic mass is 35.5.